The van der Waals surface area contributed by atoms with E-state index in [1.165, 1.54) is 31.2 Å². The molecule has 1 amide bonds. The van der Waals surface area contributed by atoms with Crippen molar-refractivity contribution in [3.63, 3.8) is 0 Å². The SMILES string of the molecule is Cc1c(C(=O)OC(C)C(=O)Nc2ccc(S(N)(=O)=O)cc2)sc2nc3n(c(=O)c12)CCC3. The number of benzene rings is 1. The molecule has 0 spiro atoms. The maximum atomic E-state index is 12.8. The zero-order chi connectivity index (χ0) is 23.2. The first-order chi connectivity index (χ1) is 15.1. The van der Waals surface area contributed by atoms with Crippen molar-refractivity contribution in [1.82, 2.24) is 9.55 Å². The number of nitrogens with two attached hydrogens (primary N) is 1. The molecule has 3 aromatic rings. The molecule has 0 radical (unpaired) electrons. The molecular weight excluding hydrogens is 456 g/mol. The number of amides is 1. The standard InChI is InChI=1S/C20H20N4O6S2/c1-10-15-18(23-14-4-3-9-24(14)19(15)26)31-16(10)20(27)30-11(2)17(25)22-12-5-7-13(8-6-12)32(21,28)29/h5-8,11H,3-4,9H2,1-2H3,(H,22,25)(H2,21,28,29). The third-order valence-corrected chi connectivity index (χ3v) is 7.30. The summed E-state index contributed by atoms with van der Waals surface area (Å²) < 4.78 is 29.6. The van der Waals surface area contributed by atoms with Crippen LogP contribution >= 0.6 is 11.3 Å². The number of anilines is 1. The fourth-order valence-electron chi connectivity index (χ4n) is 3.51. The number of nitrogens with one attached hydrogen (secondary N) is 1. The number of hydrogen-bond acceptors (Lipinski definition) is 8. The van der Waals surface area contributed by atoms with E-state index < -0.39 is 28.0 Å². The number of primary sulfonamides is 1. The molecule has 1 aromatic carbocycles. The van der Waals surface area contributed by atoms with Crippen LogP contribution in [-0.2, 0) is 32.5 Å². The highest BCUT2D eigenvalue weighted by atomic mass is 32.2. The molecule has 0 saturated carbocycles. The Morgan fingerprint density at radius 1 is 1.28 bits per heavy atom. The molecule has 4 rings (SSSR count). The first-order valence-corrected chi connectivity index (χ1v) is 12.1. The quantitative estimate of drug-likeness (QED) is 0.530. The highest BCUT2D eigenvalue weighted by molar-refractivity contribution is 7.89. The number of hydrogen-bond donors (Lipinski definition) is 2. The van der Waals surface area contributed by atoms with Gasteiger partial charge in [0.2, 0.25) is 10.0 Å². The van der Waals surface area contributed by atoms with Crippen molar-refractivity contribution in [3.05, 3.63) is 50.9 Å². The summed E-state index contributed by atoms with van der Waals surface area (Å²) in [6.45, 7) is 3.69. The molecular formula is C20H20N4O6S2. The molecule has 2 aromatic heterocycles. The fraction of sp³-hybridized carbons (Fsp3) is 0.300. The van der Waals surface area contributed by atoms with Crippen molar-refractivity contribution in [2.75, 3.05) is 5.32 Å². The van der Waals surface area contributed by atoms with Crippen molar-refractivity contribution in [1.29, 1.82) is 0 Å². The van der Waals surface area contributed by atoms with E-state index in [2.05, 4.69) is 10.3 Å². The second-order valence-corrected chi connectivity index (χ2v) is 9.99. The summed E-state index contributed by atoms with van der Waals surface area (Å²) >= 11 is 1.07. The molecule has 0 fully saturated rings. The molecule has 0 aliphatic carbocycles. The molecule has 1 aliphatic heterocycles. The highest BCUT2D eigenvalue weighted by Gasteiger charge is 2.26. The Labute approximate surface area is 187 Å². The van der Waals surface area contributed by atoms with Gasteiger partial charge in [-0.1, -0.05) is 0 Å². The fourth-order valence-corrected chi connectivity index (χ4v) is 5.10. The van der Waals surface area contributed by atoms with E-state index in [0.29, 0.717) is 33.8 Å². The average molecular weight is 477 g/mol. The Morgan fingerprint density at radius 2 is 1.97 bits per heavy atom. The van der Waals surface area contributed by atoms with Gasteiger partial charge in [0.25, 0.3) is 11.5 Å². The van der Waals surface area contributed by atoms with E-state index in [0.717, 1.165) is 24.2 Å². The molecule has 12 heteroatoms. The van der Waals surface area contributed by atoms with Crippen LogP contribution in [0, 0.1) is 6.92 Å². The van der Waals surface area contributed by atoms with E-state index >= 15 is 0 Å². The predicted octanol–water partition coefficient (Wildman–Crippen LogP) is 1.54. The zero-order valence-corrected chi connectivity index (χ0v) is 18.9. The van der Waals surface area contributed by atoms with Gasteiger partial charge in [-0.15, -0.1) is 11.3 Å². The van der Waals surface area contributed by atoms with Crippen LogP contribution in [0.15, 0.2) is 34.0 Å². The summed E-state index contributed by atoms with van der Waals surface area (Å²) in [6.07, 6.45) is 0.450. The van der Waals surface area contributed by atoms with E-state index in [9.17, 15) is 22.8 Å². The van der Waals surface area contributed by atoms with Crippen LogP contribution in [0.2, 0.25) is 0 Å². The third kappa shape index (κ3) is 4.04. The van der Waals surface area contributed by atoms with Gasteiger partial charge < -0.3 is 10.1 Å². The number of aryl methyl sites for hydroxylation is 2. The van der Waals surface area contributed by atoms with Crippen LogP contribution < -0.4 is 16.0 Å². The topological polar surface area (TPSA) is 150 Å². The number of rotatable bonds is 5. The van der Waals surface area contributed by atoms with E-state index in [-0.39, 0.29) is 15.3 Å². The van der Waals surface area contributed by atoms with E-state index in [1.807, 2.05) is 0 Å². The number of fused-ring (bicyclic) bond motifs is 2. The number of sulfonamides is 1. The lowest BCUT2D eigenvalue weighted by molar-refractivity contribution is -0.123. The van der Waals surface area contributed by atoms with Gasteiger partial charge in [-0.2, -0.15) is 0 Å². The summed E-state index contributed by atoms with van der Waals surface area (Å²) in [7, 11) is -3.84. The van der Waals surface area contributed by atoms with Gasteiger partial charge in [-0.25, -0.2) is 23.3 Å². The number of thiophene rings is 1. The molecule has 3 heterocycles. The van der Waals surface area contributed by atoms with Crippen LogP contribution in [-0.4, -0.2) is 35.9 Å². The maximum Gasteiger partial charge on any atom is 0.349 e. The van der Waals surface area contributed by atoms with Gasteiger partial charge in [0.15, 0.2) is 6.10 Å². The molecule has 10 nitrogen and oxygen atoms in total. The van der Waals surface area contributed by atoms with Gasteiger partial charge in [0.1, 0.15) is 15.5 Å². The molecule has 0 bridgehead atoms. The van der Waals surface area contributed by atoms with Crippen molar-refractivity contribution < 1.29 is 22.7 Å². The minimum atomic E-state index is -3.84. The van der Waals surface area contributed by atoms with Gasteiger partial charge >= 0.3 is 5.97 Å². The summed E-state index contributed by atoms with van der Waals surface area (Å²) in [5.41, 5.74) is 0.639. The third-order valence-electron chi connectivity index (χ3n) is 5.20. The van der Waals surface area contributed by atoms with Crippen LogP contribution in [0.4, 0.5) is 5.69 Å². The minimum Gasteiger partial charge on any atom is -0.448 e. The second-order valence-electron chi connectivity index (χ2n) is 7.43. The average Bonchev–Trinajstić information content (AvgIpc) is 3.32. The van der Waals surface area contributed by atoms with Crippen LogP contribution in [0.5, 0.6) is 0 Å². The molecule has 3 N–H and O–H groups in total. The number of esters is 1. The van der Waals surface area contributed by atoms with Crippen LogP contribution in [0.1, 0.15) is 34.4 Å². The molecule has 1 aliphatic rings. The number of carbonyl (C=O) groups is 2. The Bertz CT molecular complexity index is 1410. The van der Waals surface area contributed by atoms with Crippen molar-refractivity contribution >= 4 is 49.1 Å². The highest BCUT2D eigenvalue weighted by Crippen LogP contribution is 2.29. The van der Waals surface area contributed by atoms with Crippen LogP contribution in [0.3, 0.4) is 0 Å². The maximum absolute atomic E-state index is 12.8. The van der Waals surface area contributed by atoms with Gasteiger partial charge in [0, 0.05) is 18.7 Å². The summed E-state index contributed by atoms with van der Waals surface area (Å²) in [5.74, 6) is -0.607. The van der Waals surface area contributed by atoms with E-state index in [1.54, 1.807) is 11.5 Å². The van der Waals surface area contributed by atoms with Crippen molar-refractivity contribution in [3.8, 4) is 0 Å². The number of ether oxygens (including phenoxy) is 1. The number of aromatic nitrogens is 2. The lowest BCUT2D eigenvalue weighted by atomic mass is 10.2. The van der Waals surface area contributed by atoms with Gasteiger partial charge in [-0.05, 0) is 50.1 Å². The molecule has 32 heavy (non-hydrogen) atoms. The smallest absolute Gasteiger partial charge is 0.349 e. The number of carbonyl (C=O) groups excluding carboxylic acids is 2. The zero-order valence-electron chi connectivity index (χ0n) is 17.2. The lowest BCUT2D eigenvalue weighted by Crippen LogP contribution is -2.30. The Hall–Kier alpha value is -3.09. The summed E-state index contributed by atoms with van der Waals surface area (Å²) in [6, 6.07) is 5.26. The van der Waals surface area contributed by atoms with Gasteiger partial charge in [-0.3, -0.25) is 14.2 Å². The first kappa shape index (κ1) is 22.1. The van der Waals surface area contributed by atoms with Gasteiger partial charge in [0.05, 0.1) is 10.3 Å². The molecule has 1 unspecified atom stereocenters. The first-order valence-electron chi connectivity index (χ1n) is 9.74. The Kier molecular flexibility index (Phi) is 5.61. The molecule has 1 atom stereocenters. The largest absolute Gasteiger partial charge is 0.448 e. The predicted molar refractivity (Wildman–Crippen MR) is 118 cm³/mol. The monoisotopic (exact) mass is 476 g/mol. The Balaban J connectivity index is 1.49. The molecule has 0 saturated heterocycles. The summed E-state index contributed by atoms with van der Waals surface area (Å²) in [5, 5.41) is 7.99. The van der Waals surface area contributed by atoms with Crippen LogP contribution in [0.25, 0.3) is 10.2 Å². The lowest BCUT2D eigenvalue weighted by Gasteiger charge is -2.13. The normalized spacial score (nSPS) is 14.2. The van der Waals surface area contributed by atoms with Crippen molar-refractivity contribution in [2.24, 2.45) is 5.14 Å². The summed E-state index contributed by atoms with van der Waals surface area (Å²) in [4.78, 5) is 43.0. The van der Waals surface area contributed by atoms with Crippen molar-refractivity contribution in [2.45, 2.75) is 44.2 Å². The number of nitrogens with zero attached hydrogens (tertiary/aromatic N) is 2. The molecule has 168 valence electrons. The minimum absolute atomic E-state index is 0.0919. The second kappa shape index (κ2) is 8.11. The Morgan fingerprint density at radius 3 is 2.62 bits per heavy atom. The van der Waals surface area contributed by atoms with E-state index in [4.69, 9.17) is 9.88 Å².